The summed E-state index contributed by atoms with van der Waals surface area (Å²) >= 11 is 0. The maximum atomic E-state index is 12.2. The number of aromatic nitrogens is 1. The topological polar surface area (TPSA) is 73.0 Å². The molecule has 0 unspecified atom stereocenters. The van der Waals surface area contributed by atoms with Crippen molar-refractivity contribution in [2.75, 3.05) is 19.8 Å². The van der Waals surface area contributed by atoms with E-state index in [0.29, 0.717) is 31.7 Å². The molecular formula is C28H32N2O4. The first-order valence-corrected chi connectivity index (χ1v) is 11.9. The fraction of sp³-hybridized carbons (Fsp3) is 0.357. The van der Waals surface area contributed by atoms with Crippen LogP contribution >= 0.6 is 0 Å². The van der Waals surface area contributed by atoms with Crippen LogP contribution in [0.15, 0.2) is 65.8 Å². The Morgan fingerprint density at radius 2 is 1.97 bits per heavy atom. The van der Waals surface area contributed by atoms with Crippen LogP contribution in [0.3, 0.4) is 0 Å². The molecule has 0 radical (unpaired) electrons. The number of carbonyl (C=O) groups excluding carboxylic acids is 1. The molecule has 0 spiro atoms. The molecule has 0 saturated heterocycles. The molecule has 178 valence electrons. The van der Waals surface area contributed by atoms with Crippen LogP contribution in [-0.2, 0) is 22.4 Å². The Kier molecular flexibility index (Phi) is 7.68. The fourth-order valence-electron chi connectivity index (χ4n) is 4.48. The number of pyridine rings is 1. The minimum absolute atomic E-state index is 0.112. The third-order valence-corrected chi connectivity index (χ3v) is 6.15. The Labute approximate surface area is 200 Å². The highest BCUT2D eigenvalue weighted by atomic mass is 16.5. The summed E-state index contributed by atoms with van der Waals surface area (Å²) in [6.45, 7) is 5.33. The molecule has 0 aliphatic heterocycles. The predicted octanol–water partition coefficient (Wildman–Crippen LogP) is 4.59. The summed E-state index contributed by atoms with van der Waals surface area (Å²) in [4.78, 5) is 16.7. The quantitative estimate of drug-likeness (QED) is 0.303. The number of esters is 1. The Balaban J connectivity index is 1.42. The van der Waals surface area contributed by atoms with E-state index in [0.717, 1.165) is 35.3 Å². The van der Waals surface area contributed by atoms with Crippen LogP contribution in [0, 0.1) is 6.92 Å². The first-order chi connectivity index (χ1) is 16.5. The molecule has 34 heavy (non-hydrogen) atoms. The summed E-state index contributed by atoms with van der Waals surface area (Å²) in [6, 6.07) is 18.3. The van der Waals surface area contributed by atoms with Gasteiger partial charge in [-0.15, -0.1) is 0 Å². The molecule has 4 rings (SSSR count). The molecule has 1 aliphatic carbocycles. The van der Waals surface area contributed by atoms with Crippen molar-refractivity contribution in [3.63, 3.8) is 0 Å². The normalized spacial score (nSPS) is 15.2. The minimum Gasteiger partial charge on any atom is -0.494 e. The van der Waals surface area contributed by atoms with Crippen LogP contribution in [0.2, 0.25) is 0 Å². The maximum Gasteiger partial charge on any atom is 0.306 e. The van der Waals surface area contributed by atoms with E-state index >= 15 is 0 Å². The van der Waals surface area contributed by atoms with Crippen molar-refractivity contribution in [2.24, 2.45) is 4.99 Å². The van der Waals surface area contributed by atoms with Crippen molar-refractivity contribution in [1.82, 2.24) is 4.73 Å². The van der Waals surface area contributed by atoms with Gasteiger partial charge in [0, 0.05) is 19.2 Å². The smallest absolute Gasteiger partial charge is 0.306 e. The third-order valence-electron chi connectivity index (χ3n) is 6.15. The van der Waals surface area contributed by atoms with Gasteiger partial charge in [-0.25, -0.2) is 0 Å². The number of hydrogen-bond acceptors (Lipinski definition) is 5. The number of nitrogens with zero attached hydrogens (tertiary/aromatic N) is 2. The first kappa shape index (κ1) is 23.6. The van der Waals surface area contributed by atoms with E-state index in [1.165, 1.54) is 22.3 Å². The van der Waals surface area contributed by atoms with Crippen molar-refractivity contribution in [1.29, 1.82) is 0 Å². The predicted molar refractivity (Wildman–Crippen MR) is 130 cm³/mol. The number of rotatable bonds is 8. The first-order valence-electron chi connectivity index (χ1n) is 11.9. The molecule has 0 saturated carbocycles. The van der Waals surface area contributed by atoms with Gasteiger partial charge in [-0.2, -0.15) is 4.73 Å². The summed E-state index contributed by atoms with van der Waals surface area (Å²) in [5.74, 6) is 0.808. The molecule has 0 bridgehead atoms. The lowest BCUT2D eigenvalue weighted by Gasteiger charge is -2.17. The molecule has 1 aromatic heterocycles. The van der Waals surface area contributed by atoms with Crippen LogP contribution in [-0.4, -0.2) is 35.7 Å². The fourth-order valence-corrected chi connectivity index (χ4v) is 4.48. The Bertz CT molecular complexity index is 1220. The maximum absolute atomic E-state index is 12.2. The summed E-state index contributed by atoms with van der Waals surface area (Å²) in [6.07, 6.45) is 4.36. The van der Waals surface area contributed by atoms with Gasteiger partial charge in [0.15, 0.2) is 5.49 Å². The van der Waals surface area contributed by atoms with Gasteiger partial charge in [0.2, 0.25) is 0 Å². The van der Waals surface area contributed by atoms with Crippen LogP contribution < -0.4 is 10.2 Å². The molecule has 1 heterocycles. The molecule has 1 atom stereocenters. The molecule has 3 aromatic rings. The Morgan fingerprint density at radius 3 is 2.82 bits per heavy atom. The van der Waals surface area contributed by atoms with Crippen molar-refractivity contribution in [3.8, 4) is 5.75 Å². The van der Waals surface area contributed by atoms with Gasteiger partial charge in [-0.1, -0.05) is 30.3 Å². The zero-order chi connectivity index (χ0) is 23.9. The van der Waals surface area contributed by atoms with Crippen LogP contribution in [0.5, 0.6) is 5.75 Å². The van der Waals surface area contributed by atoms with E-state index in [4.69, 9.17) is 9.47 Å². The van der Waals surface area contributed by atoms with Crippen LogP contribution in [0.25, 0.3) is 0 Å². The van der Waals surface area contributed by atoms with E-state index in [1.807, 2.05) is 38.1 Å². The highest BCUT2D eigenvalue weighted by Gasteiger charge is 2.24. The molecule has 1 aliphatic rings. The number of aryl methyl sites for hydroxylation is 1. The van der Waals surface area contributed by atoms with Crippen molar-refractivity contribution in [2.45, 2.75) is 45.4 Å². The summed E-state index contributed by atoms with van der Waals surface area (Å²) in [5, 5.41) is 9.83. The Hall–Kier alpha value is -3.54. The van der Waals surface area contributed by atoms with Gasteiger partial charge in [-0.3, -0.25) is 9.79 Å². The second-order valence-electron chi connectivity index (χ2n) is 8.71. The van der Waals surface area contributed by atoms with Gasteiger partial charge >= 0.3 is 5.97 Å². The second-order valence-corrected chi connectivity index (χ2v) is 8.71. The van der Waals surface area contributed by atoms with Crippen LogP contribution in [0.1, 0.15) is 53.5 Å². The van der Waals surface area contributed by atoms with E-state index in [1.54, 1.807) is 6.20 Å². The van der Waals surface area contributed by atoms with Crippen molar-refractivity contribution in [3.05, 3.63) is 94.1 Å². The molecule has 6 heteroatoms. The van der Waals surface area contributed by atoms with Crippen molar-refractivity contribution < 1.29 is 19.5 Å². The van der Waals surface area contributed by atoms with Gasteiger partial charge in [-0.05, 0) is 84.7 Å². The van der Waals surface area contributed by atoms with Gasteiger partial charge in [0.25, 0.3) is 0 Å². The minimum atomic E-state index is -0.145. The van der Waals surface area contributed by atoms with E-state index in [2.05, 4.69) is 35.3 Å². The second kappa shape index (κ2) is 11.1. The molecule has 6 nitrogen and oxygen atoms in total. The lowest BCUT2D eigenvalue weighted by Crippen LogP contribution is -2.18. The average Bonchev–Trinajstić information content (AvgIpc) is 2.97. The summed E-state index contributed by atoms with van der Waals surface area (Å²) < 4.78 is 12.3. The summed E-state index contributed by atoms with van der Waals surface area (Å²) in [5.41, 5.74) is 6.56. The van der Waals surface area contributed by atoms with Gasteiger partial charge in [0.05, 0.1) is 19.6 Å². The molecule has 1 N–H and O–H groups in total. The SMILES string of the molecule is CCOC(=O)C[C@@H]1Cc2ccc(OCCCN=c3cc(C)ccn3O)cc2Cc2ccccc21. The lowest BCUT2D eigenvalue weighted by molar-refractivity contribution is -0.143. The largest absolute Gasteiger partial charge is 0.494 e. The number of ether oxygens (including phenoxy) is 2. The molecular weight excluding hydrogens is 428 g/mol. The zero-order valence-electron chi connectivity index (χ0n) is 19.9. The summed E-state index contributed by atoms with van der Waals surface area (Å²) in [7, 11) is 0. The van der Waals surface area contributed by atoms with E-state index in [-0.39, 0.29) is 11.9 Å². The highest BCUT2D eigenvalue weighted by molar-refractivity contribution is 5.71. The van der Waals surface area contributed by atoms with Gasteiger partial charge < -0.3 is 14.7 Å². The van der Waals surface area contributed by atoms with E-state index < -0.39 is 0 Å². The standard InChI is InChI=1S/C28H32N2O4/c1-3-33-28(31)19-24-16-21-9-10-25(18-23(21)17-22-7-4-5-8-26(22)24)34-14-6-12-29-27-15-20(2)11-13-30(27)32/h4-5,7-11,13,15,18,24,32H,3,6,12,14,16-17,19H2,1-2H3/t24-/m0/s1. The number of carbonyl (C=O) groups is 1. The van der Waals surface area contributed by atoms with Crippen molar-refractivity contribution >= 4 is 5.97 Å². The molecule has 2 aromatic carbocycles. The zero-order valence-corrected chi connectivity index (χ0v) is 19.9. The Morgan fingerprint density at radius 1 is 1.12 bits per heavy atom. The molecule has 0 fully saturated rings. The van der Waals surface area contributed by atoms with Crippen LogP contribution in [0.4, 0.5) is 0 Å². The number of hydrogen-bond donors (Lipinski definition) is 1. The third kappa shape index (κ3) is 5.87. The molecule has 0 amide bonds. The van der Waals surface area contributed by atoms with E-state index in [9.17, 15) is 10.0 Å². The lowest BCUT2D eigenvalue weighted by atomic mass is 9.89. The number of fused-ring (bicyclic) bond motifs is 2. The monoisotopic (exact) mass is 460 g/mol. The highest BCUT2D eigenvalue weighted by Crippen LogP contribution is 2.35. The average molecular weight is 461 g/mol. The number of benzene rings is 2. The van der Waals surface area contributed by atoms with Gasteiger partial charge in [0.1, 0.15) is 5.75 Å².